The van der Waals surface area contributed by atoms with Crippen LogP contribution in [0, 0.1) is 19.7 Å². The molecule has 0 aliphatic heterocycles. The number of carbonyl (C=O) groups is 2. The summed E-state index contributed by atoms with van der Waals surface area (Å²) >= 11 is 0. The molecule has 1 aromatic heterocycles. The highest BCUT2D eigenvalue weighted by atomic mass is 19.1. The summed E-state index contributed by atoms with van der Waals surface area (Å²) in [6, 6.07) is 13.2. The van der Waals surface area contributed by atoms with Gasteiger partial charge in [0.25, 0.3) is 5.91 Å². The molecule has 1 amide bonds. The highest BCUT2D eigenvalue weighted by molar-refractivity contribution is 5.95. The van der Waals surface area contributed by atoms with Crippen LogP contribution in [0.2, 0.25) is 0 Å². The monoisotopic (exact) mass is 368 g/mol. The van der Waals surface area contributed by atoms with Crippen molar-refractivity contribution in [1.29, 1.82) is 0 Å². The number of benzene rings is 2. The third-order valence-corrected chi connectivity index (χ3v) is 3.86. The molecule has 0 saturated heterocycles. The number of rotatable bonds is 5. The standard InChI is InChI=1S/C20H17FN2O4/c1-12-3-6-14(7-4-12)17-10-19(27-23-17)22-18(24)11-26-20(25)15-8-5-13(2)16(21)9-15/h3-10H,11H2,1-2H3,(H,22,24). The Kier molecular flexibility index (Phi) is 5.30. The summed E-state index contributed by atoms with van der Waals surface area (Å²) in [4.78, 5) is 23.8. The lowest BCUT2D eigenvalue weighted by molar-refractivity contribution is -0.119. The molecule has 1 heterocycles. The Labute approximate surface area is 154 Å². The minimum atomic E-state index is -0.790. The van der Waals surface area contributed by atoms with Gasteiger partial charge in [-0.25, -0.2) is 9.18 Å². The van der Waals surface area contributed by atoms with Crippen molar-refractivity contribution < 1.29 is 23.2 Å². The number of nitrogens with one attached hydrogen (secondary N) is 1. The number of aromatic nitrogens is 1. The summed E-state index contributed by atoms with van der Waals surface area (Å²) in [5.41, 5.74) is 2.98. The zero-order valence-electron chi connectivity index (χ0n) is 14.8. The average molecular weight is 368 g/mol. The molecule has 2 aromatic carbocycles. The van der Waals surface area contributed by atoms with Crippen molar-refractivity contribution in [3.63, 3.8) is 0 Å². The molecule has 0 bridgehead atoms. The van der Waals surface area contributed by atoms with E-state index in [2.05, 4.69) is 10.5 Å². The molecule has 0 unspecified atom stereocenters. The van der Waals surface area contributed by atoms with E-state index in [-0.39, 0.29) is 11.4 Å². The first-order valence-corrected chi connectivity index (χ1v) is 8.19. The summed E-state index contributed by atoms with van der Waals surface area (Å²) in [6.07, 6.45) is 0. The second kappa shape index (κ2) is 7.82. The van der Waals surface area contributed by atoms with Gasteiger partial charge in [0, 0.05) is 11.6 Å². The number of nitrogens with zero attached hydrogens (tertiary/aromatic N) is 1. The van der Waals surface area contributed by atoms with E-state index in [1.807, 2.05) is 31.2 Å². The Balaban J connectivity index is 1.55. The maximum absolute atomic E-state index is 13.5. The first-order valence-electron chi connectivity index (χ1n) is 8.19. The lowest BCUT2D eigenvalue weighted by Gasteiger charge is -2.05. The fourth-order valence-corrected chi connectivity index (χ4v) is 2.30. The van der Waals surface area contributed by atoms with Crippen LogP contribution < -0.4 is 5.32 Å². The van der Waals surface area contributed by atoms with Crippen LogP contribution >= 0.6 is 0 Å². The number of aryl methyl sites for hydroxylation is 2. The zero-order valence-corrected chi connectivity index (χ0v) is 14.8. The van der Waals surface area contributed by atoms with Crippen LogP contribution in [0.5, 0.6) is 0 Å². The van der Waals surface area contributed by atoms with Crippen molar-refractivity contribution in [2.75, 3.05) is 11.9 Å². The molecule has 3 rings (SSSR count). The van der Waals surface area contributed by atoms with E-state index in [1.54, 1.807) is 13.0 Å². The zero-order chi connectivity index (χ0) is 19.4. The fourth-order valence-electron chi connectivity index (χ4n) is 2.30. The van der Waals surface area contributed by atoms with Crippen LogP contribution in [-0.2, 0) is 9.53 Å². The molecule has 0 saturated carbocycles. The van der Waals surface area contributed by atoms with Crippen LogP contribution in [0.3, 0.4) is 0 Å². The molecule has 0 radical (unpaired) electrons. The second-order valence-corrected chi connectivity index (χ2v) is 6.03. The summed E-state index contributed by atoms with van der Waals surface area (Å²) in [6.45, 7) is 3.03. The van der Waals surface area contributed by atoms with Gasteiger partial charge in [0.15, 0.2) is 6.61 Å². The Morgan fingerprint density at radius 3 is 2.56 bits per heavy atom. The number of hydrogen-bond donors (Lipinski definition) is 1. The van der Waals surface area contributed by atoms with Crippen molar-refractivity contribution in [2.45, 2.75) is 13.8 Å². The van der Waals surface area contributed by atoms with Crippen molar-refractivity contribution in [1.82, 2.24) is 5.16 Å². The average Bonchev–Trinajstić information content (AvgIpc) is 3.11. The Morgan fingerprint density at radius 2 is 1.85 bits per heavy atom. The van der Waals surface area contributed by atoms with Crippen LogP contribution in [0.1, 0.15) is 21.5 Å². The largest absolute Gasteiger partial charge is 0.452 e. The molecule has 0 atom stereocenters. The van der Waals surface area contributed by atoms with Crippen molar-refractivity contribution in [3.8, 4) is 11.3 Å². The smallest absolute Gasteiger partial charge is 0.338 e. The third kappa shape index (κ3) is 4.58. The van der Waals surface area contributed by atoms with Gasteiger partial charge in [-0.05, 0) is 31.5 Å². The van der Waals surface area contributed by atoms with Crippen LogP contribution in [0.25, 0.3) is 11.3 Å². The Hall–Kier alpha value is -3.48. The van der Waals surface area contributed by atoms with E-state index < -0.39 is 24.3 Å². The van der Waals surface area contributed by atoms with Gasteiger partial charge in [0.05, 0.1) is 5.56 Å². The molecular formula is C20H17FN2O4. The van der Waals surface area contributed by atoms with Crippen molar-refractivity contribution >= 4 is 17.8 Å². The topological polar surface area (TPSA) is 81.4 Å². The van der Waals surface area contributed by atoms with Crippen molar-refractivity contribution in [3.05, 3.63) is 71.0 Å². The molecule has 0 aliphatic rings. The van der Waals surface area contributed by atoms with E-state index in [1.165, 1.54) is 12.1 Å². The second-order valence-electron chi connectivity index (χ2n) is 6.03. The molecule has 0 spiro atoms. The molecule has 138 valence electrons. The lowest BCUT2D eigenvalue weighted by Crippen LogP contribution is -2.20. The van der Waals surface area contributed by atoms with Crippen LogP contribution in [0.4, 0.5) is 10.3 Å². The maximum atomic E-state index is 13.5. The van der Waals surface area contributed by atoms with Gasteiger partial charge >= 0.3 is 5.97 Å². The quantitative estimate of drug-likeness (QED) is 0.691. The molecule has 3 aromatic rings. The fraction of sp³-hybridized carbons (Fsp3) is 0.150. The summed E-state index contributed by atoms with van der Waals surface area (Å²) in [7, 11) is 0. The first-order chi connectivity index (χ1) is 12.9. The minimum Gasteiger partial charge on any atom is -0.452 e. The van der Waals surface area contributed by atoms with E-state index in [9.17, 15) is 14.0 Å². The maximum Gasteiger partial charge on any atom is 0.338 e. The SMILES string of the molecule is Cc1ccc(-c2cc(NC(=O)COC(=O)c3ccc(C)c(F)c3)on2)cc1. The normalized spacial score (nSPS) is 10.5. The molecule has 6 nitrogen and oxygen atoms in total. The predicted octanol–water partition coefficient (Wildman–Crippen LogP) is 3.89. The van der Waals surface area contributed by atoms with Gasteiger partial charge in [0.1, 0.15) is 11.5 Å². The molecule has 0 aliphatic carbocycles. The molecule has 7 heteroatoms. The van der Waals surface area contributed by atoms with E-state index in [0.717, 1.165) is 17.2 Å². The summed E-state index contributed by atoms with van der Waals surface area (Å²) in [5.74, 6) is -1.77. The van der Waals surface area contributed by atoms with Crippen molar-refractivity contribution in [2.24, 2.45) is 0 Å². The number of halogens is 1. The number of anilines is 1. The minimum absolute atomic E-state index is 0.0345. The number of esters is 1. The van der Waals surface area contributed by atoms with Gasteiger partial charge in [-0.3, -0.25) is 10.1 Å². The summed E-state index contributed by atoms with van der Waals surface area (Å²) in [5, 5.41) is 6.34. The summed E-state index contributed by atoms with van der Waals surface area (Å²) < 4.78 is 23.4. The van der Waals surface area contributed by atoms with E-state index in [4.69, 9.17) is 9.26 Å². The van der Waals surface area contributed by atoms with E-state index in [0.29, 0.717) is 11.3 Å². The lowest BCUT2D eigenvalue weighted by atomic mass is 10.1. The van der Waals surface area contributed by atoms with Gasteiger partial charge < -0.3 is 9.26 Å². The highest BCUT2D eigenvalue weighted by Crippen LogP contribution is 2.22. The molecule has 1 N–H and O–H groups in total. The number of amides is 1. The number of hydrogen-bond acceptors (Lipinski definition) is 5. The van der Waals surface area contributed by atoms with Gasteiger partial charge in [-0.2, -0.15) is 0 Å². The van der Waals surface area contributed by atoms with Gasteiger partial charge in [-0.1, -0.05) is 41.1 Å². The number of ether oxygens (including phenoxy) is 1. The molecule has 0 fully saturated rings. The van der Waals surface area contributed by atoms with Crippen LogP contribution in [-0.4, -0.2) is 23.6 Å². The Morgan fingerprint density at radius 1 is 1.11 bits per heavy atom. The van der Waals surface area contributed by atoms with Gasteiger partial charge in [0.2, 0.25) is 5.88 Å². The van der Waals surface area contributed by atoms with Crippen LogP contribution in [0.15, 0.2) is 53.1 Å². The highest BCUT2D eigenvalue weighted by Gasteiger charge is 2.14. The molecular weight excluding hydrogens is 351 g/mol. The molecule has 27 heavy (non-hydrogen) atoms. The van der Waals surface area contributed by atoms with E-state index >= 15 is 0 Å². The number of carbonyl (C=O) groups excluding carboxylic acids is 2. The first kappa shape index (κ1) is 18.3. The Bertz CT molecular complexity index is 980. The van der Waals surface area contributed by atoms with Gasteiger partial charge in [-0.15, -0.1) is 0 Å². The predicted molar refractivity (Wildman–Crippen MR) is 96.7 cm³/mol. The third-order valence-electron chi connectivity index (χ3n) is 3.86.